The number of nitrogens with zero attached hydrogens (tertiary/aromatic N) is 2. The summed E-state index contributed by atoms with van der Waals surface area (Å²) in [5.41, 5.74) is 20.6. The highest BCUT2D eigenvalue weighted by molar-refractivity contribution is 6.13. The molecule has 3 nitrogen and oxygen atoms in total. The lowest BCUT2D eigenvalue weighted by Crippen LogP contribution is -2.43. The van der Waals surface area contributed by atoms with E-state index in [1.165, 1.54) is 77.5 Å². The van der Waals surface area contributed by atoms with Crippen LogP contribution in [0.5, 0.6) is 0 Å². The molecule has 0 atom stereocenters. The van der Waals surface area contributed by atoms with Crippen LogP contribution in [0.2, 0.25) is 0 Å². The Balaban J connectivity index is 1.05. The first kappa shape index (κ1) is 36.7. The van der Waals surface area contributed by atoms with Crippen molar-refractivity contribution in [3.05, 3.63) is 275 Å². The molecule has 0 saturated heterocycles. The fourth-order valence-corrected chi connectivity index (χ4v) is 12.6. The Labute approximate surface area is 387 Å². The molecule has 0 unspecified atom stereocenters. The average Bonchev–Trinajstić information content (AvgIpc) is 4.03. The van der Waals surface area contributed by atoms with Crippen molar-refractivity contribution < 1.29 is 4.42 Å². The third-order valence-electron chi connectivity index (χ3n) is 15.2. The monoisotopic (exact) mass is 850 g/mol. The van der Waals surface area contributed by atoms with Gasteiger partial charge in [0.05, 0.1) is 22.2 Å². The van der Waals surface area contributed by atoms with Crippen LogP contribution in [0, 0.1) is 0 Å². The molecule has 67 heavy (non-hydrogen) atoms. The highest BCUT2D eigenvalue weighted by Gasteiger charge is 2.59. The van der Waals surface area contributed by atoms with Crippen molar-refractivity contribution in [3.63, 3.8) is 0 Å². The van der Waals surface area contributed by atoms with E-state index >= 15 is 0 Å². The SMILES string of the molecule is c1ccc(-c2cc(-c3ccc4ccccc4c3)nc(-c3ccc4c(c3)-c3ccc5oc6ccccc6c5c3C43c4ccccc4C4(c5ccccc5-c5ccccc54)c4ccccc43)n2)cc1. The van der Waals surface area contributed by atoms with Crippen LogP contribution in [-0.2, 0) is 10.8 Å². The summed E-state index contributed by atoms with van der Waals surface area (Å²) in [5.74, 6) is 0.687. The normalized spacial score (nSPS) is 14.2. The van der Waals surface area contributed by atoms with Gasteiger partial charge in [-0.1, -0.05) is 200 Å². The highest BCUT2D eigenvalue weighted by atomic mass is 16.3. The minimum atomic E-state index is -0.705. The van der Waals surface area contributed by atoms with Gasteiger partial charge < -0.3 is 4.42 Å². The van der Waals surface area contributed by atoms with Crippen molar-refractivity contribution in [2.24, 2.45) is 0 Å². The Hall–Kier alpha value is -8.66. The summed E-state index contributed by atoms with van der Waals surface area (Å²) in [6.45, 7) is 0. The van der Waals surface area contributed by atoms with Gasteiger partial charge in [0.15, 0.2) is 5.82 Å². The number of benzene rings is 10. The van der Waals surface area contributed by atoms with Gasteiger partial charge in [0.25, 0.3) is 0 Å². The van der Waals surface area contributed by atoms with Crippen LogP contribution in [0.1, 0.15) is 44.5 Å². The van der Waals surface area contributed by atoms with Gasteiger partial charge in [-0.3, -0.25) is 0 Å². The Bertz CT molecular complexity index is 3970. The van der Waals surface area contributed by atoms with E-state index in [-0.39, 0.29) is 0 Å². The molecule has 2 spiro atoms. The molecule has 3 heteroatoms. The molecule has 3 aliphatic carbocycles. The number of para-hydroxylation sites is 1. The summed E-state index contributed by atoms with van der Waals surface area (Å²) < 4.78 is 6.78. The maximum atomic E-state index is 6.78. The van der Waals surface area contributed by atoms with E-state index in [4.69, 9.17) is 14.4 Å². The minimum Gasteiger partial charge on any atom is -0.456 e. The Morgan fingerprint density at radius 2 is 0.866 bits per heavy atom. The quantitative estimate of drug-likeness (QED) is 0.178. The van der Waals surface area contributed by atoms with Gasteiger partial charge in [-0.25, -0.2) is 9.97 Å². The molecule has 0 bridgehead atoms. The Morgan fingerprint density at radius 3 is 1.58 bits per heavy atom. The van der Waals surface area contributed by atoms with E-state index in [9.17, 15) is 0 Å². The molecule has 0 N–H and O–H groups in total. The van der Waals surface area contributed by atoms with Gasteiger partial charge in [-0.15, -0.1) is 0 Å². The molecule has 0 aliphatic heterocycles. The smallest absolute Gasteiger partial charge is 0.160 e. The summed E-state index contributed by atoms with van der Waals surface area (Å²) >= 11 is 0. The molecule has 15 rings (SSSR count). The fourth-order valence-electron chi connectivity index (χ4n) is 12.6. The number of fused-ring (bicyclic) bond motifs is 21. The zero-order valence-corrected chi connectivity index (χ0v) is 36.2. The topological polar surface area (TPSA) is 38.9 Å². The maximum absolute atomic E-state index is 6.78. The maximum Gasteiger partial charge on any atom is 0.160 e. The van der Waals surface area contributed by atoms with Gasteiger partial charge in [0.1, 0.15) is 11.2 Å². The molecule has 2 aromatic heterocycles. The first-order chi connectivity index (χ1) is 33.2. The molecule has 0 saturated carbocycles. The second-order valence-corrected chi connectivity index (χ2v) is 18.3. The summed E-state index contributed by atoms with van der Waals surface area (Å²) in [6.07, 6.45) is 0. The Morgan fingerprint density at radius 1 is 0.313 bits per heavy atom. The lowest BCUT2D eigenvalue weighted by atomic mass is 9.52. The van der Waals surface area contributed by atoms with Crippen molar-refractivity contribution in [2.45, 2.75) is 10.8 Å². The standard InChI is InChI=1S/C64H38N2O/c1-2-17-40(18-3-1)56-38-57(42-31-30-39-16-4-5-19-41(39)36-42)66-62(65-56)43-32-34-51-48(37-43)46-33-35-59-60(47-22-8-15-29-58(47)67-59)61(46)64(51)54-27-13-11-25-52(54)63(53-26-12-14-28-55(53)64)49-23-9-6-20-44(49)45-21-7-10-24-50(45)63/h1-38H. The predicted molar refractivity (Wildman–Crippen MR) is 271 cm³/mol. The molecule has 2 heterocycles. The predicted octanol–water partition coefficient (Wildman–Crippen LogP) is 15.6. The second kappa shape index (κ2) is 13.4. The molecule has 12 aromatic rings. The first-order valence-electron chi connectivity index (χ1n) is 23.1. The average molecular weight is 851 g/mol. The van der Waals surface area contributed by atoms with Crippen molar-refractivity contribution in [1.82, 2.24) is 9.97 Å². The highest BCUT2D eigenvalue weighted by Crippen LogP contribution is 2.68. The zero-order valence-electron chi connectivity index (χ0n) is 36.2. The number of furan rings is 1. The molecule has 0 amide bonds. The first-order valence-corrected chi connectivity index (χ1v) is 23.1. The number of aromatic nitrogens is 2. The van der Waals surface area contributed by atoms with E-state index in [0.717, 1.165) is 50.0 Å². The van der Waals surface area contributed by atoms with Crippen molar-refractivity contribution >= 4 is 32.7 Å². The largest absolute Gasteiger partial charge is 0.456 e. The van der Waals surface area contributed by atoms with E-state index < -0.39 is 10.8 Å². The molecule has 0 radical (unpaired) electrons. The van der Waals surface area contributed by atoms with Gasteiger partial charge in [0.2, 0.25) is 0 Å². The third-order valence-corrected chi connectivity index (χ3v) is 15.2. The van der Waals surface area contributed by atoms with Gasteiger partial charge in [-0.05, 0) is 108 Å². The molecule has 0 fully saturated rings. The van der Waals surface area contributed by atoms with Crippen LogP contribution < -0.4 is 0 Å². The van der Waals surface area contributed by atoms with Crippen LogP contribution in [-0.4, -0.2) is 9.97 Å². The molecule has 3 aliphatic rings. The molecule has 10 aromatic carbocycles. The summed E-state index contributed by atoms with van der Waals surface area (Å²) in [7, 11) is 0. The van der Waals surface area contributed by atoms with Crippen LogP contribution >= 0.6 is 0 Å². The molecular formula is C64H38N2O. The third kappa shape index (κ3) is 4.75. The Kier molecular flexibility index (Phi) is 7.36. The number of hydrogen-bond acceptors (Lipinski definition) is 3. The minimum absolute atomic E-state index is 0.536. The lowest BCUT2D eigenvalue weighted by molar-refractivity contribution is 0.634. The summed E-state index contributed by atoms with van der Waals surface area (Å²) in [5, 5.41) is 4.65. The van der Waals surface area contributed by atoms with Crippen LogP contribution in [0.4, 0.5) is 0 Å². The van der Waals surface area contributed by atoms with Crippen molar-refractivity contribution in [3.8, 4) is 56.2 Å². The lowest BCUT2D eigenvalue weighted by Gasteiger charge is -2.49. The summed E-state index contributed by atoms with van der Waals surface area (Å²) in [4.78, 5) is 10.8. The van der Waals surface area contributed by atoms with Gasteiger partial charge in [-0.2, -0.15) is 0 Å². The van der Waals surface area contributed by atoms with E-state index in [0.29, 0.717) is 5.82 Å². The van der Waals surface area contributed by atoms with Gasteiger partial charge in [0, 0.05) is 27.5 Å². The zero-order chi connectivity index (χ0) is 43.8. The van der Waals surface area contributed by atoms with E-state index in [1.54, 1.807) is 0 Å². The summed E-state index contributed by atoms with van der Waals surface area (Å²) in [6, 6.07) is 84.5. The number of hydrogen-bond donors (Lipinski definition) is 0. The van der Waals surface area contributed by atoms with Gasteiger partial charge >= 0.3 is 0 Å². The number of rotatable bonds is 3. The fraction of sp³-hybridized carbons (Fsp3) is 0.0312. The molecule has 310 valence electrons. The van der Waals surface area contributed by atoms with Crippen LogP contribution in [0.15, 0.2) is 235 Å². The van der Waals surface area contributed by atoms with Crippen molar-refractivity contribution in [2.75, 3.05) is 0 Å². The van der Waals surface area contributed by atoms with Crippen molar-refractivity contribution in [1.29, 1.82) is 0 Å². The molecular weight excluding hydrogens is 813 g/mol. The van der Waals surface area contributed by atoms with E-state index in [1.807, 2.05) is 0 Å². The second-order valence-electron chi connectivity index (χ2n) is 18.3. The van der Waals surface area contributed by atoms with Crippen LogP contribution in [0.3, 0.4) is 0 Å². The van der Waals surface area contributed by atoms with E-state index in [2.05, 4.69) is 231 Å². The van der Waals surface area contributed by atoms with Crippen LogP contribution in [0.25, 0.3) is 88.9 Å².